The Balaban J connectivity index is 2.26. The number of hydrogen-bond donors (Lipinski definition) is 1. The quantitative estimate of drug-likeness (QED) is 0.863. The molecule has 2 aromatic rings. The number of rotatable bonds is 2. The number of nitrogens with one attached hydrogen (secondary N) is 1. The zero-order valence-corrected chi connectivity index (χ0v) is 14.0. The second-order valence-corrected chi connectivity index (χ2v) is 7.05. The van der Waals surface area contributed by atoms with Crippen LogP contribution in [0.15, 0.2) is 16.6 Å². The first-order chi connectivity index (χ1) is 9.28. The average molecular weight is 359 g/mol. The Hall–Kier alpha value is -1.34. The molecular weight excluding hydrogens is 344 g/mol. The number of nitrogens with zero attached hydrogens (tertiary/aromatic N) is 1. The maximum atomic E-state index is 11.7. The molecular formula is C13H15BrN2O3S. The minimum Gasteiger partial charge on any atom is -0.494 e. The van der Waals surface area contributed by atoms with E-state index in [0.717, 1.165) is 9.17 Å². The van der Waals surface area contributed by atoms with Crippen LogP contribution >= 0.6 is 27.3 Å². The first-order valence-corrected chi connectivity index (χ1v) is 7.53. The highest BCUT2D eigenvalue weighted by Crippen LogP contribution is 2.35. The summed E-state index contributed by atoms with van der Waals surface area (Å²) in [5.74, 6) is 0.655. The first kappa shape index (κ1) is 15.1. The molecule has 7 heteroatoms. The standard InChI is InChI=1S/C13H15BrN2O3S/c1-13(2,3)19-12(17)16-11-15-10-8(18-4)5-7(14)6-9(10)20-11/h5-6H,1-4H3,(H,15,16,17). The number of hydrogen-bond acceptors (Lipinski definition) is 5. The number of amides is 1. The third-order valence-electron chi connectivity index (χ3n) is 2.25. The highest BCUT2D eigenvalue weighted by atomic mass is 79.9. The van der Waals surface area contributed by atoms with Crippen molar-refractivity contribution < 1.29 is 14.3 Å². The summed E-state index contributed by atoms with van der Waals surface area (Å²) in [4.78, 5) is 16.1. The van der Waals surface area contributed by atoms with Crippen LogP contribution in [0.1, 0.15) is 20.8 Å². The van der Waals surface area contributed by atoms with Crippen LogP contribution in [0.2, 0.25) is 0 Å². The van der Waals surface area contributed by atoms with Crippen molar-refractivity contribution in [1.29, 1.82) is 0 Å². The Morgan fingerprint density at radius 3 is 2.70 bits per heavy atom. The lowest BCUT2D eigenvalue weighted by molar-refractivity contribution is 0.0636. The van der Waals surface area contributed by atoms with E-state index in [9.17, 15) is 4.79 Å². The highest BCUT2D eigenvalue weighted by Gasteiger charge is 2.18. The normalized spacial score (nSPS) is 11.4. The lowest BCUT2D eigenvalue weighted by Crippen LogP contribution is -2.27. The summed E-state index contributed by atoms with van der Waals surface area (Å²) in [6.07, 6.45) is -0.519. The van der Waals surface area contributed by atoms with Gasteiger partial charge in [-0.05, 0) is 32.9 Å². The average Bonchev–Trinajstić information content (AvgIpc) is 2.66. The van der Waals surface area contributed by atoms with Crippen LogP contribution in [0.4, 0.5) is 9.93 Å². The van der Waals surface area contributed by atoms with Crippen molar-refractivity contribution in [3.63, 3.8) is 0 Å². The Kier molecular flexibility index (Phi) is 4.19. The van der Waals surface area contributed by atoms with Crippen molar-refractivity contribution in [1.82, 2.24) is 4.98 Å². The van der Waals surface area contributed by atoms with Crippen molar-refractivity contribution >= 4 is 48.7 Å². The molecule has 0 aliphatic rings. The predicted octanol–water partition coefficient (Wildman–Crippen LogP) is 4.41. The number of methoxy groups -OCH3 is 1. The summed E-state index contributed by atoms with van der Waals surface area (Å²) in [5, 5.41) is 3.11. The maximum absolute atomic E-state index is 11.7. The monoisotopic (exact) mass is 358 g/mol. The number of benzene rings is 1. The molecule has 1 amide bonds. The first-order valence-electron chi connectivity index (χ1n) is 5.92. The molecule has 2 rings (SSSR count). The second-order valence-electron chi connectivity index (χ2n) is 5.10. The number of ether oxygens (including phenoxy) is 2. The van der Waals surface area contributed by atoms with Gasteiger partial charge in [-0.3, -0.25) is 5.32 Å². The van der Waals surface area contributed by atoms with Crippen molar-refractivity contribution in [2.45, 2.75) is 26.4 Å². The molecule has 1 aromatic heterocycles. The van der Waals surface area contributed by atoms with Gasteiger partial charge in [0, 0.05) is 4.47 Å². The number of fused-ring (bicyclic) bond motifs is 1. The predicted molar refractivity (Wildman–Crippen MR) is 83.7 cm³/mol. The van der Waals surface area contributed by atoms with Crippen LogP contribution in [0.25, 0.3) is 10.2 Å². The summed E-state index contributed by atoms with van der Waals surface area (Å²) in [5.41, 5.74) is 0.174. The van der Waals surface area contributed by atoms with Gasteiger partial charge in [-0.15, -0.1) is 0 Å². The van der Waals surface area contributed by atoms with E-state index in [0.29, 0.717) is 16.4 Å². The molecule has 0 spiro atoms. The van der Waals surface area contributed by atoms with Crippen LogP contribution in [-0.2, 0) is 4.74 Å². The fourth-order valence-corrected chi connectivity index (χ4v) is 3.06. The molecule has 0 aliphatic heterocycles. The fraction of sp³-hybridized carbons (Fsp3) is 0.385. The summed E-state index contributed by atoms with van der Waals surface area (Å²) in [7, 11) is 1.58. The third-order valence-corrected chi connectivity index (χ3v) is 3.63. The Morgan fingerprint density at radius 1 is 1.40 bits per heavy atom. The lowest BCUT2D eigenvalue weighted by atomic mass is 10.2. The van der Waals surface area contributed by atoms with E-state index >= 15 is 0 Å². The Morgan fingerprint density at radius 2 is 2.10 bits per heavy atom. The van der Waals surface area contributed by atoms with Crippen LogP contribution in [-0.4, -0.2) is 23.8 Å². The van der Waals surface area contributed by atoms with E-state index < -0.39 is 11.7 Å². The molecule has 0 atom stereocenters. The van der Waals surface area contributed by atoms with E-state index in [2.05, 4.69) is 26.2 Å². The Bertz CT molecular complexity index is 649. The smallest absolute Gasteiger partial charge is 0.413 e. The van der Waals surface area contributed by atoms with Gasteiger partial charge < -0.3 is 9.47 Å². The van der Waals surface area contributed by atoms with Crippen molar-refractivity contribution in [2.75, 3.05) is 12.4 Å². The van der Waals surface area contributed by atoms with Gasteiger partial charge >= 0.3 is 6.09 Å². The molecule has 0 saturated carbocycles. The zero-order valence-electron chi connectivity index (χ0n) is 11.6. The maximum Gasteiger partial charge on any atom is 0.413 e. The van der Waals surface area contributed by atoms with E-state index in [4.69, 9.17) is 9.47 Å². The molecule has 108 valence electrons. The van der Waals surface area contributed by atoms with Crippen LogP contribution in [0.5, 0.6) is 5.75 Å². The van der Waals surface area contributed by atoms with Crippen LogP contribution in [0.3, 0.4) is 0 Å². The Labute approximate surface area is 129 Å². The van der Waals surface area contributed by atoms with Crippen molar-refractivity contribution in [2.24, 2.45) is 0 Å². The summed E-state index contributed by atoms with van der Waals surface area (Å²) in [6, 6.07) is 3.76. The van der Waals surface area contributed by atoms with E-state index in [1.54, 1.807) is 7.11 Å². The fourth-order valence-electron chi connectivity index (χ4n) is 1.57. The van der Waals surface area contributed by atoms with Gasteiger partial charge in [0.2, 0.25) is 0 Å². The van der Waals surface area contributed by atoms with Gasteiger partial charge in [-0.1, -0.05) is 27.3 Å². The third kappa shape index (κ3) is 3.61. The molecule has 0 unspecified atom stereocenters. The van der Waals surface area contributed by atoms with E-state index in [1.807, 2.05) is 32.9 Å². The minimum absolute atomic E-state index is 0.477. The molecule has 1 heterocycles. The molecule has 0 bridgehead atoms. The van der Waals surface area contributed by atoms with Crippen LogP contribution in [0, 0.1) is 0 Å². The van der Waals surface area contributed by atoms with Gasteiger partial charge in [0.15, 0.2) is 5.13 Å². The molecule has 0 saturated heterocycles. The molecule has 1 N–H and O–H groups in total. The van der Waals surface area contributed by atoms with Gasteiger partial charge in [-0.25, -0.2) is 9.78 Å². The molecule has 1 aromatic carbocycles. The van der Waals surface area contributed by atoms with E-state index in [-0.39, 0.29) is 0 Å². The number of carbonyl (C=O) groups excluding carboxylic acids is 1. The van der Waals surface area contributed by atoms with Gasteiger partial charge in [0.05, 0.1) is 11.8 Å². The minimum atomic E-state index is -0.540. The lowest BCUT2D eigenvalue weighted by Gasteiger charge is -2.18. The summed E-state index contributed by atoms with van der Waals surface area (Å²) >= 11 is 4.77. The molecule has 0 aliphatic carbocycles. The van der Waals surface area contributed by atoms with Gasteiger partial charge in [0.25, 0.3) is 0 Å². The number of aromatic nitrogens is 1. The number of halogens is 1. The van der Waals surface area contributed by atoms with Gasteiger partial charge in [0.1, 0.15) is 16.9 Å². The number of thiazole rings is 1. The highest BCUT2D eigenvalue weighted by molar-refractivity contribution is 9.10. The van der Waals surface area contributed by atoms with Crippen molar-refractivity contribution in [3.05, 3.63) is 16.6 Å². The largest absolute Gasteiger partial charge is 0.494 e. The topological polar surface area (TPSA) is 60.5 Å². The SMILES string of the molecule is COc1cc(Br)cc2sc(NC(=O)OC(C)(C)C)nc12. The number of carbonyl (C=O) groups is 1. The molecule has 5 nitrogen and oxygen atoms in total. The molecule has 0 radical (unpaired) electrons. The summed E-state index contributed by atoms with van der Waals surface area (Å²) in [6.45, 7) is 5.43. The van der Waals surface area contributed by atoms with E-state index in [1.165, 1.54) is 11.3 Å². The van der Waals surface area contributed by atoms with Crippen LogP contribution < -0.4 is 10.1 Å². The number of anilines is 1. The summed E-state index contributed by atoms with van der Waals surface area (Å²) < 4.78 is 12.3. The van der Waals surface area contributed by atoms with Gasteiger partial charge in [-0.2, -0.15) is 0 Å². The molecule has 0 fully saturated rings. The molecule has 20 heavy (non-hydrogen) atoms. The zero-order chi connectivity index (χ0) is 14.9. The van der Waals surface area contributed by atoms with Crippen molar-refractivity contribution in [3.8, 4) is 5.75 Å². The second kappa shape index (κ2) is 5.57.